The highest BCUT2D eigenvalue weighted by Gasteiger charge is 2.18. The molecule has 0 fully saturated rings. The predicted molar refractivity (Wildman–Crippen MR) is 107 cm³/mol. The summed E-state index contributed by atoms with van der Waals surface area (Å²) in [5.74, 6) is 1.61. The number of carbonyl (C=O) groups excluding carboxylic acids is 1. The van der Waals surface area contributed by atoms with Crippen LogP contribution in [-0.4, -0.2) is 31.4 Å². The van der Waals surface area contributed by atoms with Gasteiger partial charge < -0.3 is 14.6 Å². The zero-order chi connectivity index (χ0) is 19.2. The number of hydrogen-bond acceptors (Lipinski definition) is 7. The van der Waals surface area contributed by atoms with Gasteiger partial charge in [-0.1, -0.05) is 30.8 Å². The van der Waals surface area contributed by atoms with Crippen LogP contribution in [0.2, 0.25) is 0 Å². The molecular weight excluding hydrogens is 382 g/mol. The number of nitrogens with one attached hydrogen (secondary N) is 1. The zero-order valence-electron chi connectivity index (χ0n) is 15.4. The van der Waals surface area contributed by atoms with Crippen LogP contribution < -0.4 is 10.1 Å². The average molecular weight is 404 g/mol. The highest BCUT2D eigenvalue weighted by atomic mass is 32.2. The summed E-state index contributed by atoms with van der Waals surface area (Å²) in [6.07, 6.45) is 2.39. The van der Waals surface area contributed by atoms with Crippen LogP contribution in [0.15, 0.2) is 41.0 Å². The predicted octanol–water partition coefficient (Wildman–Crippen LogP) is 3.70. The van der Waals surface area contributed by atoms with Gasteiger partial charge >= 0.3 is 0 Å². The van der Waals surface area contributed by atoms with E-state index in [1.165, 1.54) is 28.7 Å². The third kappa shape index (κ3) is 5.08. The molecule has 0 aliphatic rings. The van der Waals surface area contributed by atoms with Gasteiger partial charge in [0.2, 0.25) is 5.91 Å². The van der Waals surface area contributed by atoms with Crippen LogP contribution in [0.4, 0.5) is 5.13 Å². The van der Waals surface area contributed by atoms with E-state index in [1.807, 2.05) is 36.1 Å². The number of carbonyl (C=O) groups is 1. The molecule has 7 nitrogen and oxygen atoms in total. The Kier molecular flexibility index (Phi) is 6.46. The lowest BCUT2D eigenvalue weighted by molar-refractivity contribution is -0.113. The van der Waals surface area contributed by atoms with Gasteiger partial charge in [0.25, 0.3) is 0 Å². The Morgan fingerprint density at radius 3 is 2.78 bits per heavy atom. The van der Waals surface area contributed by atoms with Crippen LogP contribution in [-0.2, 0) is 18.3 Å². The molecule has 0 saturated carbocycles. The molecular formula is C18H21N5O2S2. The topological polar surface area (TPSA) is 81.9 Å². The number of rotatable bonds is 8. The van der Waals surface area contributed by atoms with Crippen molar-refractivity contribution in [2.45, 2.75) is 31.5 Å². The quantitative estimate of drug-likeness (QED) is 0.578. The first-order chi connectivity index (χ1) is 13.1. The van der Waals surface area contributed by atoms with Gasteiger partial charge in [-0.15, -0.1) is 21.5 Å². The molecule has 1 N–H and O–H groups in total. The Morgan fingerprint density at radius 2 is 2.11 bits per heavy atom. The highest BCUT2D eigenvalue weighted by molar-refractivity contribution is 7.99. The van der Waals surface area contributed by atoms with Gasteiger partial charge in [0.15, 0.2) is 22.2 Å². The summed E-state index contributed by atoms with van der Waals surface area (Å²) in [7, 11) is 1.87. The first-order valence-corrected chi connectivity index (χ1v) is 10.4. The second-order valence-electron chi connectivity index (χ2n) is 5.83. The molecule has 9 heteroatoms. The molecule has 27 heavy (non-hydrogen) atoms. The monoisotopic (exact) mass is 403 g/mol. The molecule has 142 valence electrons. The van der Waals surface area contributed by atoms with E-state index in [9.17, 15) is 4.79 Å². The van der Waals surface area contributed by atoms with Gasteiger partial charge in [-0.3, -0.25) is 4.79 Å². The Balaban J connectivity index is 1.57. The average Bonchev–Trinajstić information content (AvgIpc) is 3.30. The molecule has 1 amide bonds. The Morgan fingerprint density at radius 1 is 1.33 bits per heavy atom. The van der Waals surface area contributed by atoms with Crippen LogP contribution >= 0.6 is 23.1 Å². The third-order valence-corrected chi connectivity index (χ3v) is 5.60. The molecule has 0 unspecified atom stereocenters. The van der Waals surface area contributed by atoms with Crippen LogP contribution in [0.3, 0.4) is 0 Å². The number of thioether (sulfide) groups is 1. The van der Waals surface area contributed by atoms with Crippen LogP contribution in [0.1, 0.15) is 31.3 Å². The molecule has 0 aliphatic heterocycles. The van der Waals surface area contributed by atoms with Crippen LogP contribution in [0, 0.1) is 0 Å². The second-order valence-corrected chi connectivity index (χ2v) is 7.67. The minimum Gasteiger partial charge on any atom is -0.483 e. The fourth-order valence-corrected chi connectivity index (χ4v) is 3.70. The lowest BCUT2D eigenvalue weighted by atomic mass is 10.2. The number of ether oxygens (including phenoxy) is 1. The molecule has 3 aromatic rings. The highest BCUT2D eigenvalue weighted by Crippen LogP contribution is 2.24. The van der Waals surface area contributed by atoms with Crippen molar-refractivity contribution >= 4 is 34.1 Å². The molecule has 1 aromatic carbocycles. The Hall–Kier alpha value is -2.39. The lowest BCUT2D eigenvalue weighted by Gasteiger charge is -2.14. The maximum Gasteiger partial charge on any atom is 0.236 e. The molecule has 0 spiro atoms. The summed E-state index contributed by atoms with van der Waals surface area (Å²) in [4.78, 5) is 16.0. The van der Waals surface area contributed by atoms with Crippen molar-refractivity contribution in [3.63, 3.8) is 0 Å². The summed E-state index contributed by atoms with van der Waals surface area (Å²) < 4.78 is 7.82. The SMILES string of the molecule is CCc1ccc(O[C@H](C)c2nnc(SCC(=O)Nc3nccs3)n2C)cc1. The smallest absolute Gasteiger partial charge is 0.236 e. The van der Waals surface area contributed by atoms with Gasteiger partial charge in [0.05, 0.1) is 5.75 Å². The van der Waals surface area contributed by atoms with E-state index < -0.39 is 0 Å². The molecule has 0 radical (unpaired) electrons. The van der Waals surface area contributed by atoms with E-state index >= 15 is 0 Å². The molecule has 0 saturated heterocycles. The van der Waals surface area contributed by atoms with E-state index in [0.717, 1.165) is 12.2 Å². The maximum atomic E-state index is 12.0. The summed E-state index contributed by atoms with van der Waals surface area (Å²) in [6.45, 7) is 4.05. The normalized spacial score (nSPS) is 12.0. The van der Waals surface area contributed by atoms with E-state index in [4.69, 9.17) is 4.74 Å². The largest absolute Gasteiger partial charge is 0.483 e. The minimum absolute atomic E-state index is 0.125. The number of aromatic nitrogens is 4. The number of aryl methyl sites for hydroxylation is 1. The fraction of sp³-hybridized carbons (Fsp3) is 0.333. The van der Waals surface area contributed by atoms with Gasteiger partial charge in [-0.2, -0.15) is 0 Å². The summed E-state index contributed by atoms with van der Waals surface area (Å²) in [5, 5.41) is 14.2. The minimum atomic E-state index is -0.256. The summed E-state index contributed by atoms with van der Waals surface area (Å²) in [6, 6.07) is 8.04. The summed E-state index contributed by atoms with van der Waals surface area (Å²) in [5.41, 5.74) is 1.27. The number of benzene rings is 1. The van der Waals surface area contributed by atoms with Crippen molar-refractivity contribution in [1.82, 2.24) is 19.7 Å². The van der Waals surface area contributed by atoms with Crippen molar-refractivity contribution in [2.24, 2.45) is 7.05 Å². The van der Waals surface area contributed by atoms with Crippen molar-refractivity contribution in [2.75, 3.05) is 11.1 Å². The number of thiazole rings is 1. The maximum absolute atomic E-state index is 12.0. The Bertz CT molecular complexity index is 878. The van der Waals surface area contributed by atoms with Crippen LogP contribution in [0.25, 0.3) is 0 Å². The first kappa shape index (κ1) is 19.4. The molecule has 2 heterocycles. The zero-order valence-corrected chi connectivity index (χ0v) is 17.0. The molecule has 0 aliphatic carbocycles. The first-order valence-electron chi connectivity index (χ1n) is 8.53. The van der Waals surface area contributed by atoms with Crippen molar-refractivity contribution < 1.29 is 9.53 Å². The summed E-state index contributed by atoms with van der Waals surface area (Å²) >= 11 is 2.71. The van der Waals surface area contributed by atoms with E-state index in [-0.39, 0.29) is 17.8 Å². The lowest BCUT2D eigenvalue weighted by Crippen LogP contribution is -2.14. The standard InChI is InChI=1S/C18H21N5O2S2/c1-4-13-5-7-14(8-6-13)25-12(2)16-21-22-18(23(16)3)27-11-15(24)20-17-19-9-10-26-17/h5-10,12H,4,11H2,1-3H3,(H,19,20,24)/t12-/m1/s1. The number of anilines is 1. The number of nitrogens with zero attached hydrogens (tertiary/aromatic N) is 4. The molecule has 0 bridgehead atoms. The fourth-order valence-electron chi connectivity index (χ4n) is 2.44. The van der Waals surface area contributed by atoms with Gasteiger partial charge in [0, 0.05) is 18.6 Å². The van der Waals surface area contributed by atoms with Gasteiger partial charge in [-0.05, 0) is 31.0 Å². The van der Waals surface area contributed by atoms with Crippen molar-refractivity contribution in [1.29, 1.82) is 0 Å². The molecule has 2 aromatic heterocycles. The number of hydrogen-bond donors (Lipinski definition) is 1. The van der Waals surface area contributed by atoms with Gasteiger partial charge in [0.1, 0.15) is 5.75 Å². The Labute approximate surface area is 166 Å². The van der Waals surface area contributed by atoms with Crippen molar-refractivity contribution in [3.8, 4) is 5.75 Å². The van der Waals surface area contributed by atoms with Gasteiger partial charge in [-0.25, -0.2) is 4.98 Å². The number of amides is 1. The molecule has 1 atom stereocenters. The third-order valence-electron chi connectivity index (χ3n) is 3.89. The molecule has 3 rings (SSSR count). The second kappa shape index (κ2) is 9.01. The van der Waals surface area contributed by atoms with E-state index in [2.05, 4.69) is 39.6 Å². The van der Waals surface area contributed by atoms with E-state index in [1.54, 1.807) is 6.20 Å². The van der Waals surface area contributed by atoms with E-state index in [0.29, 0.717) is 16.1 Å². The van der Waals surface area contributed by atoms with Crippen molar-refractivity contribution in [3.05, 3.63) is 47.2 Å². The van der Waals surface area contributed by atoms with Crippen LogP contribution in [0.5, 0.6) is 5.75 Å².